The maximum absolute atomic E-state index is 11.7. The molecule has 1 rings (SSSR count). The van der Waals surface area contributed by atoms with Gasteiger partial charge in [0, 0.05) is 6.04 Å². The minimum absolute atomic E-state index is 0.0109. The van der Waals surface area contributed by atoms with E-state index in [0.717, 1.165) is 25.7 Å². The van der Waals surface area contributed by atoms with Crippen molar-refractivity contribution in [3.8, 4) is 0 Å². The van der Waals surface area contributed by atoms with Gasteiger partial charge in [0.05, 0.1) is 7.11 Å². The van der Waals surface area contributed by atoms with Gasteiger partial charge in [-0.3, -0.25) is 0 Å². The van der Waals surface area contributed by atoms with Crippen LogP contribution in [0.5, 0.6) is 0 Å². The summed E-state index contributed by atoms with van der Waals surface area (Å²) in [4.78, 5) is 23.2. The molecule has 0 radical (unpaired) electrons. The highest BCUT2D eigenvalue weighted by atomic mass is 16.5. The Balaban J connectivity index is 2.43. The summed E-state index contributed by atoms with van der Waals surface area (Å²) in [5.74, 6) is -0.390. The number of hydrogen-bond donors (Lipinski definition) is 2. The summed E-state index contributed by atoms with van der Waals surface area (Å²) in [5, 5.41) is 5.55. The quantitative estimate of drug-likeness (QED) is 0.733. The Kier molecular flexibility index (Phi) is 5.25. The highest BCUT2D eigenvalue weighted by Gasteiger charge is 2.26. The Labute approximate surface area is 102 Å². The van der Waals surface area contributed by atoms with Crippen LogP contribution < -0.4 is 10.6 Å². The van der Waals surface area contributed by atoms with Gasteiger partial charge in [-0.1, -0.05) is 26.7 Å². The molecule has 0 aromatic heterocycles. The van der Waals surface area contributed by atoms with E-state index < -0.39 is 12.0 Å². The Hall–Kier alpha value is -1.26. The lowest BCUT2D eigenvalue weighted by molar-refractivity contribution is -0.143. The highest BCUT2D eigenvalue weighted by Crippen LogP contribution is 2.17. The summed E-state index contributed by atoms with van der Waals surface area (Å²) in [6.07, 6.45) is 4.38. The first kappa shape index (κ1) is 13.8. The zero-order valence-electron chi connectivity index (χ0n) is 10.8. The third kappa shape index (κ3) is 4.24. The number of ether oxygens (including phenoxy) is 1. The first-order valence-electron chi connectivity index (χ1n) is 6.19. The van der Waals surface area contributed by atoms with E-state index in [1.165, 1.54) is 7.11 Å². The van der Waals surface area contributed by atoms with Crippen LogP contribution >= 0.6 is 0 Å². The van der Waals surface area contributed by atoms with Crippen molar-refractivity contribution in [3.63, 3.8) is 0 Å². The van der Waals surface area contributed by atoms with E-state index in [1.807, 2.05) is 13.8 Å². The molecule has 1 aliphatic carbocycles. The molecule has 0 aromatic rings. The summed E-state index contributed by atoms with van der Waals surface area (Å²) in [6, 6.07) is -0.608. The molecule has 0 heterocycles. The molecular weight excluding hydrogens is 220 g/mol. The van der Waals surface area contributed by atoms with Gasteiger partial charge in [0.25, 0.3) is 0 Å². The van der Waals surface area contributed by atoms with E-state index in [9.17, 15) is 9.59 Å². The molecule has 1 atom stereocenters. The number of urea groups is 1. The highest BCUT2D eigenvalue weighted by molar-refractivity contribution is 5.83. The minimum atomic E-state index is -0.582. The molecule has 0 aromatic carbocycles. The van der Waals surface area contributed by atoms with Crippen molar-refractivity contribution in [1.29, 1.82) is 0 Å². The molecule has 5 nitrogen and oxygen atoms in total. The van der Waals surface area contributed by atoms with Crippen molar-refractivity contribution in [2.75, 3.05) is 7.11 Å². The predicted molar refractivity (Wildman–Crippen MR) is 64.6 cm³/mol. The van der Waals surface area contributed by atoms with Crippen molar-refractivity contribution < 1.29 is 14.3 Å². The number of carbonyl (C=O) groups excluding carboxylic acids is 2. The van der Waals surface area contributed by atoms with Crippen molar-refractivity contribution in [2.45, 2.75) is 51.6 Å². The summed E-state index contributed by atoms with van der Waals surface area (Å²) < 4.78 is 4.66. The number of carbonyl (C=O) groups is 2. The molecular formula is C12H22N2O3. The van der Waals surface area contributed by atoms with Gasteiger partial charge in [-0.2, -0.15) is 0 Å². The van der Waals surface area contributed by atoms with Gasteiger partial charge >= 0.3 is 12.0 Å². The minimum Gasteiger partial charge on any atom is -0.467 e. The van der Waals surface area contributed by atoms with Crippen molar-refractivity contribution in [3.05, 3.63) is 0 Å². The van der Waals surface area contributed by atoms with Crippen LogP contribution in [0.3, 0.4) is 0 Å². The van der Waals surface area contributed by atoms with Crippen LogP contribution in [0, 0.1) is 5.92 Å². The Morgan fingerprint density at radius 2 is 1.82 bits per heavy atom. The first-order valence-corrected chi connectivity index (χ1v) is 6.19. The average molecular weight is 242 g/mol. The topological polar surface area (TPSA) is 67.4 Å². The third-order valence-corrected chi connectivity index (χ3v) is 3.10. The number of amides is 2. The lowest BCUT2D eigenvalue weighted by Crippen LogP contribution is -2.50. The van der Waals surface area contributed by atoms with Crippen molar-refractivity contribution >= 4 is 12.0 Å². The van der Waals surface area contributed by atoms with Gasteiger partial charge in [0.1, 0.15) is 6.04 Å². The summed E-state index contributed by atoms with van der Waals surface area (Å²) in [7, 11) is 1.33. The Bertz CT molecular complexity index is 273. The lowest BCUT2D eigenvalue weighted by atomic mass is 10.1. The monoisotopic (exact) mass is 242 g/mol. The molecule has 0 aliphatic heterocycles. The molecule has 98 valence electrons. The molecule has 0 saturated heterocycles. The number of rotatable bonds is 4. The third-order valence-electron chi connectivity index (χ3n) is 3.10. The number of methoxy groups -OCH3 is 1. The maximum Gasteiger partial charge on any atom is 0.328 e. The second kappa shape index (κ2) is 6.47. The van der Waals surface area contributed by atoms with Gasteiger partial charge in [-0.15, -0.1) is 0 Å². The van der Waals surface area contributed by atoms with E-state index in [1.54, 1.807) is 0 Å². The largest absolute Gasteiger partial charge is 0.467 e. The van der Waals surface area contributed by atoms with Crippen LogP contribution in [0.2, 0.25) is 0 Å². The lowest BCUT2D eigenvalue weighted by Gasteiger charge is -2.21. The van der Waals surface area contributed by atoms with Crippen LogP contribution in [-0.4, -0.2) is 31.2 Å². The van der Waals surface area contributed by atoms with E-state index in [2.05, 4.69) is 15.4 Å². The fourth-order valence-electron chi connectivity index (χ4n) is 2.06. The van der Waals surface area contributed by atoms with Gasteiger partial charge in [-0.25, -0.2) is 9.59 Å². The van der Waals surface area contributed by atoms with E-state index in [0.29, 0.717) is 0 Å². The molecule has 1 fully saturated rings. The van der Waals surface area contributed by atoms with E-state index >= 15 is 0 Å². The number of hydrogen-bond acceptors (Lipinski definition) is 3. The summed E-state index contributed by atoms with van der Waals surface area (Å²) >= 11 is 0. The predicted octanol–water partition coefficient (Wildman–Crippen LogP) is 1.43. The van der Waals surface area contributed by atoms with Gasteiger partial charge in [0.2, 0.25) is 0 Å². The Morgan fingerprint density at radius 3 is 2.29 bits per heavy atom. The van der Waals surface area contributed by atoms with Crippen molar-refractivity contribution in [2.24, 2.45) is 5.92 Å². The summed E-state index contributed by atoms with van der Waals surface area (Å²) in [5.41, 5.74) is 0. The van der Waals surface area contributed by atoms with Gasteiger partial charge in [-0.05, 0) is 18.8 Å². The molecule has 1 unspecified atom stereocenters. The van der Waals surface area contributed by atoms with Crippen LogP contribution in [0.15, 0.2) is 0 Å². The first-order chi connectivity index (χ1) is 8.04. The molecule has 1 saturated carbocycles. The molecule has 0 bridgehead atoms. The van der Waals surface area contributed by atoms with E-state index in [4.69, 9.17) is 0 Å². The second-order valence-corrected chi connectivity index (χ2v) is 4.84. The zero-order valence-corrected chi connectivity index (χ0v) is 10.8. The number of esters is 1. The fraction of sp³-hybridized carbons (Fsp3) is 0.833. The van der Waals surface area contributed by atoms with Gasteiger partial charge < -0.3 is 15.4 Å². The smallest absolute Gasteiger partial charge is 0.328 e. The molecule has 0 spiro atoms. The second-order valence-electron chi connectivity index (χ2n) is 4.84. The zero-order chi connectivity index (χ0) is 12.8. The molecule has 17 heavy (non-hydrogen) atoms. The molecule has 2 amide bonds. The van der Waals surface area contributed by atoms with Crippen LogP contribution in [0.25, 0.3) is 0 Å². The van der Waals surface area contributed by atoms with E-state index in [-0.39, 0.29) is 18.0 Å². The van der Waals surface area contributed by atoms with Gasteiger partial charge in [0.15, 0.2) is 0 Å². The standard InChI is InChI=1S/C12H22N2O3/c1-8(2)10(11(15)17-3)14-12(16)13-9-6-4-5-7-9/h8-10H,4-7H2,1-3H3,(H2,13,14,16). The van der Waals surface area contributed by atoms with Crippen LogP contribution in [-0.2, 0) is 9.53 Å². The average Bonchev–Trinajstić information content (AvgIpc) is 2.77. The van der Waals surface area contributed by atoms with Crippen LogP contribution in [0.1, 0.15) is 39.5 Å². The van der Waals surface area contributed by atoms with Crippen LogP contribution in [0.4, 0.5) is 4.79 Å². The molecule has 2 N–H and O–H groups in total. The molecule has 1 aliphatic rings. The maximum atomic E-state index is 11.7. The Morgan fingerprint density at radius 1 is 1.24 bits per heavy atom. The normalized spacial score (nSPS) is 17.9. The fourth-order valence-corrected chi connectivity index (χ4v) is 2.06. The molecule has 5 heteroatoms. The SMILES string of the molecule is COC(=O)C(NC(=O)NC1CCCC1)C(C)C. The number of nitrogens with one attached hydrogen (secondary N) is 2. The summed E-state index contributed by atoms with van der Waals surface area (Å²) in [6.45, 7) is 3.74. The van der Waals surface area contributed by atoms with Crippen molar-refractivity contribution in [1.82, 2.24) is 10.6 Å².